The van der Waals surface area contributed by atoms with E-state index in [-0.39, 0.29) is 0 Å². The quantitative estimate of drug-likeness (QED) is 0.692. The van der Waals surface area contributed by atoms with Crippen LogP contribution in [0.3, 0.4) is 0 Å². The van der Waals surface area contributed by atoms with Crippen LogP contribution in [0.5, 0.6) is 0 Å². The number of hydrogen-bond acceptors (Lipinski definition) is 2. The van der Waals surface area contributed by atoms with E-state index in [0.29, 0.717) is 10.7 Å². The van der Waals surface area contributed by atoms with Crippen LogP contribution < -0.4 is 5.32 Å². The number of fused-ring (bicyclic) bond motifs is 1. The van der Waals surface area contributed by atoms with Gasteiger partial charge in [0.1, 0.15) is 4.99 Å². The van der Waals surface area contributed by atoms with E-state index in [2.05, 4.69) is 23.5 Å². The normalized spacial score (nSPS) is 10.4. The second kappa shape index (κ2) is 4.63. The zero-order valence-electron chi connectivity index (χ0n) is 9.59. The molecule has 2 nitrogen and oxygen atoms in total. The standard InChI is InChI=1S/C15H11NOS/c18-15(14-9-4-10-17-14)16-13-8-3-6-11-5-1-2-7-12(11)13/h1-10H,(H,16,18). The van der Waals surface area contributed by atoms with E-state index in [1.54, 1.807) is 6.26 Å². The third-order valence-electron chi connectivity index (χ3n) is 2.78. The van der Waals surface area contributed by atoms with Gasteiger partial charge in [0.05, 0.1) is 6.26 Å². The minimum absolute atomic E-state index is 0.594. The fourth-order valence-corrected chi connectivity index (χ4v) is 2.15. The Morgan fingerprint density at radius 3 is 2.61 bits per heavy atom. The van der Waals surface area contributed by atoms with Crippen molar-refractivity contribution in [2.24, 2.45) is 0 Å². The van der Waals surface area contributed by atoms with Gasteiger partial charge in [-0.25, -0.2) is 0 Å². The summed E-state index contributed by atoms with van der Waals surface area (Å²) in [6.45, 7) is 0. The van der Waals surface area contributed by atoms with Crippen LogP contribution in [-0.4, -0.2) is 4.99 Å². The first-order valence-corrected chi connectivity index (χ1v) is 6.08. The zero-order chi connectivity index (χ0) is 12.4. The van der Waals surface area contributed by atoms with Crippen LogP contribution in [-0.2, 0) is 0 Å². The molecule has 3 aromatic rings. The van der Waals surface area contributed by atoms with Crippen molar-refractivity contribution in [3.05, 3.63) is 66.6 Å². The highest BCUT2D eigenvalue weighted by Crippen LogP contribution is 2.23. The maximum atomic E-state index is 5.31. The molecular formula is C15H11NOS. The first-order valence-electron chi connectivity index (χ1n) is 5.67. The lowest BCUT2D eigenvalue weighted by atomic mass is 10.1. The summed E-state index contributed by atoms with van der Waals surface area (Å²) in [5.41, 5.74) is 0.995. The van der Waals surface area contributed by atoms with E-state index in [4.69, 9.17) is 16.6 Å². The second-order valence-electron chi connectivity index (χ2n) is 3.96. The Kier molecular flexibility index (Phi) is 2.82. The number of anilines is 1. The highest BCUT2D eigenvalue weighted by molar-refractivity contribution is 7.81. The number of rotatable bonds is 2. The van der Waals surface area contributed by atoms with E-state index in [1.807, 2.05) is 36.4 Å². The molecule has 1 N–H and O–H groups in total. The zero-order valence-corrected chi connectivity index (χ0v) is 10.4. The van der Waals surface area contributed by atoms with Gasteiger partial charge in [-0.2, -0.15) is 0 Å². The van der Waals surface area contributed by atoms with Crippen molar-refractivity contribution < 1.29 is 4.42 Å². The molecule has 0 spiro atoms. The van der Waals surface area contributed by atoms with Gasteiger partial charge in [-0.3, -0.25) is 0 Å². The molecule has 0 aliphatic carbocycles. The molecular weight excluding hydrogens is 242 g/mol. The summed E-state index contributed by atoms with van der Waals surface area (Å²) in [6.07, 6.45) is 1.62. The molecule has 2 aromatic carbocycles. The van der Waals surface area contributed by atoms with E-state index >= 15 is 0 Å². The van der Waals surface area contributed by atoms with Gasteiger partial charge in [0.15, 0.2) is 5.76 Å². The topological polar surface area (TPSA) is 25.2 Å². The Bertz CT molecular complexity index is 683. The summed E-state index contributed by atoms with van der Waals surface area (Å²) in [7, 11) is 0. The second-order valence-corrected chi connectivity index (χ2v) is 4.37. The van der Waals surface area contributed by atoms with E-state index in [9.17, 15) is 0 Å². The van der Waals surface area contributed by atoms with E-state index in [1.165, 1.54) is 5.39 Å². The van der Waals surface area contributed by atoms with Crippen molar-refractivity contribution in [2.45, 2.75) is 0 Å². The van der Waals surface area contributed by atoms with Crippen LogP contribution >= 0.6 is 12.2 Å². The third-order valence-corrected chi connectivity index (χ3v) is 3.09. The molecule has 1 heterocycles. The maximum Gasteiger partial charge on any atom is 0.161 e. The van der Waals surface area contributed by atoms with Crippen LogP contribution in [0, 0.1) is 0 Å². The Labute approximate surface area is 110 Å². The molecule has 0 aliphatic heterocycles. The Morgan fingerprint density at radius 1 is 0.944 bits per heavy atom. The average Bonchev–Trinajstić information content (AvgIpc) is 2.93. The summed E-state index contributed by atoms with van der Waals surface area (Å²) in [5.74, 6) is 0.679. The lowest BCUT2D eigenvalue weighted by molar-refractivity contribution is 0.559. The molecule has 3 rings (SSSR count). The molecule has 3 heteroatoms. The van der Waals surface area contributed by atoms with Crippen LogP contribution in [0.1, 0.15) is 5.76 Å². The van der Waals surface area contributed by atoms with Gasteiger partial charge < -0.3 is 9.73 Å². The molecule has 0 amide bonds. The molecule has 0 radical (unpaired) electrons. The summed E-state index contributed by atoms with van der Waals surface area (Å²) in [5, 5.41) is 5.56. The molecule has 0 fully saturated rings. The number of hydrogen-bond donors (Lipinski definition) is 1. The van der Waals surface area contributed by atoms with Crippen LogP contribution in [0.2, 0.25) is 0 Å². The number of benzene rings is 2. The van der Waals surface area contributed by atoms with Gasteiger partial charge >= 0.3 is 0 Å². The summed E-state index contributed by atoms with van der Waals surface area (Å²) in [4.78, 5) is 0.594. The van der Waals surface area contributed by atoms with Gasteiger partial charge in [-0.1, -0.05) is 48.6 Å². The third kappa shape index (κ3) is 2.00. The predicted molar refractivity (Wildman–Crippen MR) is 78.0 cm³/mol. The summed E-state index contributed by atoms with van der Waals surface area (Å²) < 4.78 is 5.28. The largest absolute Gasteiger partial charge is 0.462 e. The van der Waals surface area contributed by atoms with Gasteiger partial charge in [-0.15, -0.1) is 0 Å². The molecule has 0 saturated heterocycles. The molecule has 0 bridgehead atoms. The average molecular weight is 253 g/mol. The first kappa shape index (κ1) is 11.0. The van der Waals surface area contributed by atoms with Gasteiger partial charge in [0.2, 0.25) is 0 Å². The fourth-order valence-electron chi connectivity index (χ4n) is 1.93. The monoisotopic (exact) mass is 253 g/mol. The molecule has 0 saturated carbocycles. The fraction of sp³-hybridized carbons (Fsp3) is 0. The highest BCUT2D eigenvalue weighted by Gasteiger charge is 2.06. The molecule has 1 aromatic heterocycles. The minimum atomic E-state index is 0.594. The smallest absolute Gasteiger partial charge is 0.161 e. The molecule has 0 atom stereocenters. The number of furan rings is 1. The highest BCUT2D eigenvalue weighted by atomic mass is 32.1. The van der Waals surface area contributed by atoms with Crippen LogP contribution in [0.25, 0.3) is 10.8 Å². The molecule has 88 valence electrons. The first-order chi connectivity index (χ1) is 8.84. The van der Waals surface area contributed by atoms with Crippen LogP contribution in [0.15, 0.2) is 65.3 Å². The Hall–Kier alpha value is -2.13. The van der Waals surface area contributed by atoms with Crippen molar-refractivity contribution in [3.8, 4) is 0 Å². The SMILES string of the molecule is S=C(Nc1cccc2ccccc12)c1ccco1. The number of nitrogens with one attached hydrogen (secondary N) is 1. The lowest BCUT2D eigenvalue weighted by Crippen LogP contribution is -2.09. The maximum absolute atomic E-state index is 5.31. The Balaban J connectivity index is 1.98. The van der Waals surface area contributed by atoms with Gasteiger partial charge in [0.25, 0.3) is 0 Å². The van der Waals surface area contributed by atoms with E-state index in [0.717, 1.165) is 11.1 Å². The Morgan fingerprint density at radius 2 is 1.78 bits per heavy atom. The summed E-state index contributed by atoms with van der Waals surface area (Å²) in [6, 6.07) is 18.0. The predicted octanol–water partition coefficient (Wildman–Crippen LogP) is 4.22. The van der Waals surface area contributed by atoms with Crippen molar-refractivity contribution >= 4 is 33.7 Å². The lowest BCUT2D eigenvalue weighted by Gasteiger charge is -2.09. The van der Waals surface area contributed by atoms with Crippen molar-refractivity contribution in [1.82, 2.24) is 0 Å². The van der Waals surface area contributed by atoms with Crippen molar-refractivity contribution in [3.63, 3.8) is 0 Å². The van der Waals surface area contributed by atoms with Crippen molar-refractivity contribution in [1.29, 1.82) is 0 Å². The van der Waals surface area contributed by atoms with Crippen LogP contribution in [0.4, 0.5) is 5.69 Å². The molecule has 18 heavy (non-hydrogen) atoms. The summed E-state index contributed by atoms with van der Waals surface area (Å²) >= 11 is 5.31. The van der Waals surface area contributed by atoms with E-state index < -0.39 is 0 Å². The minimum Gasteiger partial charge on any atom is -0.462 e. The van der Waals surface area contributed by atoms with Gasteiger partial charge in [-0.05, 0) is 23.6 Å². The van der Waals surface area contributed by atoms with Crippen molar-refractivity contribution in [2.75, 3.05) is 5.32 Å². The molecule has 0 aliphatic rings. The number of thiocarbonyl (C=S) groups is 1. The van der Waals surface area contributed by atoms with Gasteiger partial charge in [0, 0.05) is 11.1 Å². The molecule has 0 unspecified atom stereocenters.